The lowest BCUT2D eigenvalue weighted by atomic mass is 10.0. The lowest BCUT2D eigenvalue weighted by molar-refractivity contribution is -0.143. The van der Waals surface area contributed by atoms with E-state index < -0.39 is 12.1 Å². The summed E-state index contributed by atoms with van der Waals surface area (Å²) in [5, 5.41) is 23.3. The summed E-state index contributed by atoms with van der Waals surface area (Å²) in [4.78, 5) is 24.5. The van der Waals surface area contributed by atoms with Crippen LogP contribution in [0.25, 0.3) is 0 Å². The zero-order chi connectivity index (χ0) is 43.7. The molecule has 6 nitrogen and oxygen atoms in total. The van der Waals surface area contributed by atoms with Gasteiger partial charge in [-0.3, -0.25) is 9.59 Å². The highest BCUT2D eigenvalue weighted by Gasteiger charge is 2.20. The Balaban J connectivity index is 3.42. The normalized spacial score (nSPS) is 12.5. The van der Waals surface area contributed by atoms with Gasteiger partial charge in [-0.05, 0) is 25.7 Å². The Labute approximate surface area is 375 Å². The van der Waals surface area contributed by atoms with Gasteiger partial charge in [0.05, 0.1) is 25.4 Å². The van der Waals surface area contributed by atoms with Crippen LogP contribution in [0.1, 0.15) is 309 Å². The highest BCUT2D eigenvalue weighted by Crippen LogP contribution is 2.17. The fourth-order valence-electron chi connectivity index (χ4n) is 8.70. The molecule has 0 fully saturated rings. The third-order valence-corrected chi connectivity index (χ3v) is 12.9. The van der Waals surface area contributed by atoms with Crippen molar-refractivity contribution in [3.8, 4) is 0 Å². The number of aliphatic hydroxyl groups excluding tert-OH is 2. The topological polar surface area (TPSA) is 95.9 Å². The Kier molecular flexibility index (Phi) is 49.5. The monoisotopic (exact) mass is 850 g/mol. The van der Waals surface area contributed by atoms with Crippen LogP contribution in [-0.4, -0.2) is 47.4 Å². The summed E-state index contributed by atoms with van der Waals surface area (Å²) in [5.74, 6) is -0.0386. The van der Waals surface area contributed by atoms with E-state index in [2.05, 4.69) is 19.2 Å². The quantitative estimate of drug-likeness (QED) is 0.0418. The van der Waals surface area contributed by atoms with E-state index in [1.807, 2.05) is 0 Å². The van der Waals surface area contributed by atoms with Crippen LogP contribution in [-0.2, 0) is 14.3 Å². The molecule has 60 heavy (non-hydrogen) atoms. The fraction of sp³-hybridized carbons (Fsp3) is 0.963. The van der Waals surface area contributed by atoms with Gasteiger partial charge < -0.3 is 20.3 Å². The molecule has 0 aromatic rings. The molecule has 0 aliphatic rings. The van der Waals surface area contributed by atoms with Crippen molar-refractivity contribution in [1.29, 1.82) is 0 Å². The second-order valence-corrected chi connectivity index (χ2v) is 18.9. The predicted molar refractivity (Wildman–Crippen MR) is 260 cm³/mol. The van der Waals surface area contributed by atoms with Crippen LogP contribution in [0.15, 0.2) is 0 Å². The SMILES string of the molecule is CCCCCCCCCCCCCCCCCCC(O)C(CO)NC(=O)CCCCCCCCCCCCCCCCCOC(=O)CCCCCCCCCCCCCC. The molecular weight excluding hydrogens is 743 g/mol. The number of hydrogen-bond acceptors (Lipinski definition) is 5. The Morgan fingerprint density at radius 1 is 0.400 bits per heavy atom. The second-order valence-electron chi connectivity index (χ2n) is 18.9. The first-order valence-corrected chi connectivity index (χ1v) is 27.3. The standard InChI is InChI=1S/C54H107NO5/c1-3-5-7-9-11-13-15-17-18-20-23-26-30-34-38-42-46-52(57)51(50-56)55-53(58)47-43-39-35-31-27-24-21-19-22-25-29-33-37-41-45-49-60-54(59)48-44-40-36-32-28-16-14-12-10-8-6-4-2/h51-52,56-57H,3-50H2,1-2H3,(H,55,58). The first-order valence-electron chi connectivity index (χ1n) is 27.3. The summed E-state index contributed by atoms with van der Waals surface area (Å²) in [5.41, 5.74) is 0. The van der Waals surface area contributed by atoms with Crippen molar-refractivity contribution in [2.45, 2.75) is 321 Å². The van der Waals surface area contributed by atoms with E-state index in [1.54, 1.807) is 0 Å². The van der Waals surface area contributed by atoms with Crippen LogP contribution in [0.4, 0.5) is 0 Å². The number of carbonyl (C=O) groups excluding carboxylic acids is 2. The lowest BCUT2D eigenvalue weighted by Crippen LogP contribution is -2.45. The van der Waals surface area contributed by atoms with Gasteiger partial charge in [-0.15, -0.1) is 0 Å². The summed E-state index contributed by atoms with van der Waals surface area (Å²) >= 11 is 0. The Bertz CT molecular complexity index is 852. The van der Waals surface area contributed by atoms with Gasteiger partial charge in [0.1, 0.15) is 0 Å². The summed E-state index contributed by atoms with van der Waals surface area (Å²) in [7, 11) is 0. The molecule has 1 amide bonds. The van der Waals surface area contributed by atoms with Crippen LogP contribution < -0.4 is 5.32 Å². The molecule has 2 atom stereocenters. The number of carbonyl (C=O) groups is 2. The van der Waals surface area contributed by atoms with E-state index in [0.29, 0.717) is 25.9 Å². The molecule has 0 spiro atoms. The van der Waals surface area contributed by atoms with E-state index >= 15 is 0 Å². The smallest absolute Gasteiger partial charge is 0.305 e. The summed E-state index contributed by atoms with van der Waals surface area (Å²) in [6.45, 7) is 4.95. The predicted octanol–water partition coefficient (Wildman–Crippen LogP) is 16.4. The van der Waals surface area contributed by atoms with Crippen molar-refractivity contribution in [3.05, 3.63) is 0 Å². The first-order chi connectivity index (χ1) is 29.5. The van der Waals surface area contributed by atoms with Gasteiger partial charge in [0.2, 0.25) is 5.91 Å². The third-order valence-electron chi connectivity index (χ3n) is 12.9. The van der Waals surface area contributed by atoms with Gasteiger partial charge in [0.15, 0.2) is 0 Å². The molecule has 0 heterocycles. The number of hydrogen-bond donors (Lipinski definition) is 3. The molecule has 6 heteroatoms. The Hall–Kier alpha value is -1.14. The largest absolute Gasteiger partial charge is 0.466 e. The molecule has 0 aromatic carbocycles. The molecule has 0 saturated carbocycles. The summed E-state index contributed by atoms with van der Waals surface area (Å²) < 4.78 is 5.46. The number of rotatable bonds is 51. The van der Waals surface area contributed by atoms with E-state index in [9.17, 15) is 19.8 Å². The van der Waals surface area contributed by atoms with E-state index in [-0.39, 0.29) is 18.5 Å². The summed E-state index contributed by atoms with van der Waals surface area (Å²) in [6, 6.07) is -0.546. The summed E-state index contributed by atoms with van der Waals surface area (Å²) in [6.07, 6.45) is 56.4. The van der Waals surface area contributed by atoms with Crippen LogP contribution in [0, 0.1) is 0 Å². The van der Waals surface area contributed by atoms with Crippen molar-refractivity contribution in [2.75, 3.05) is 13.2 Å². The van der Waals surface area contributed by atoms with Crippen molar-refractivity contribution < 1.29 is 24.5 Å². The van der Waals surface area contributed by atoms with E-state index in [0.717, 1.165) is 44.9 Å². The molecular formula is C54H107NO5. The number of amides is 1. The van der Waals surface area contributed by atoms with Crippen LogP contribution in [0.3, 0.4) is 0 Å². The fourth-order valence-corrected chi connectivity index (χ4v) is 8.70. The lowest BCUT2D eigenvalue weighted by Gasteiger charge is -2.22. The maximum Gasteiger partial charge on any atom is 0.305 e. The number of aliphatic hydroxyl groups is 2. The minimum Gasteiger partial charge on any atom is -0.466 e. The number of ether oxygens (including phenoxy) is 1. The average molecular weight is 850 g/mol. The van der Waals surface area contributed by atoms with Gasteiger partial charge in [0, 0.05) is 12.8 Å². The van der Waals surface area contributed by atoms with Crippen LogP contribution in [0.2, 0.25) is 0 Å². The number of unbranched alkanes of at least 4 members (excludes halogenated alkanes) is 40. The molecule has 3 N–H and O–H groups in total. The third kappa shape index (κ3) is 46.4. The highest BCUT2D eigenvalue weighted by atomic mass is 16.5. The van der Waals surface area contributed by atoms with Crippen molar-refractivity contribution in [3.63, 3.8) is 0 Å². The zero-order valence-corrected chi connectivity index (χ0v) is 40.7. The maximum absolute atomic E-state index is 12.5. The number of nitrogens with one attached hydrogen (secondary N) is 1. The first kappa shape index (κ1) is 58.9. The molecule has 0 aromatic heterocycles. The maximum atomic E-state index is 12.5. The van der Waals surface area contributed by atoms with E-state index in [1.165, 1.54) is 231 Å². The van der Waals surface area contributed by atoms with Gasteiger partial charge in [-0.25, -0.2) is 0 Å². The van der Waals surface area contributed by atoms with Crippen LogP contribution in [0.5, 0.6) is 0 Å². The van der Waals surface area contributed by atoms with Crippen molar-refractivity contribution >= 4 is 11.9 Å². The van der Waals surface area contributed by atoms with Crippen molar-refractivity contribution in [2.24, 2.45) is 0 Å². The number of esters is 1. The minimum atomic E-state index is -0.668. The molecule has 0 radical (unpaired) electrons. The molecule has 0 rings (SSSR count). The van der Waals surface area contributed by atoms with Crippen molar-refractivity contribution in [1.82, 2.24) is 5.32 Å². The molecule has 358 valence electrons. The molecule has 0 aliphatic carbocycles. The minimum absolute atomic E-state index is 0.00218. The molecule has 2 unspecified atom stereocenters. The molecule has 0 saturated heterocycles. The van der Waals surface area contributed by atoms with Gasteiger partial charge in [0.25, 0.3) is 0 Å². The Morgan fingerprint density at radius 2 is 0.683 bits per heavy atom. The second kappa shape index (κ2) is 50.5. The van der Waals surface area contributed by atoms with Gasteiger partial charge >= 0.3 is 5.97 Å². The molecule has 0 aliphatic heterocycles. The Morgan fingerprint density at radius 3 is 1.02 bits per heavy atom. The van der Waals surface area contributed by atoms with E-state index in [4.69, 9.17) is 4.74 Å². The zero-order valence-electron chi connectivity index (χ0n) is 40.7. The van der Waals surface area contributed by atoms with Gasteiger partial charge in [-0.1, -0.05) is 271 Å². The van der Waals surface area contributed by atoms with Crippen LogP contribution >= 0.6 is 0 Å². The average Bonchev–Trinajstić information content (AvgIpc) is 3.25. The molecule has 0 bridgehead atoms. The van der Waals surface area contributed by atoms with Gasteiger partial charge in [-0.2, -0.15) is 0 Å². The highest BCUT2D eigenvalue weighted by molar-refractivity contribution is 5.76.